The minimum Gasteiger partial charge on any atom is -0.481 e. The molecule has 0 saturated heterocycles. The number of nitrogens with zero attached hydrogens (tertiary/aromatic N) is 2. The van der Waals surface area contributed by atoms with Gasteiger partial charge in [0.15, 0.2) is 11.4 Å². The molecular weight excluding hydrogens is 512 g/mol. The van der Waals surface area contributed by atoms with Crippen LogP contribution in [-0.4, -0.2) is 55.6 Å². The van der Waals surface area contributed by atoms with E-state index < -0.39 is 23.0 Å². The van der Waals surface area contributed by atoms with Crippen LogP contribution in [0.5, 0.6) is 17.5 Å². The molecule has 0 spiro atoms. The molecule has 0 amide bonds. The van der Waals surface area contributed by atoms with Gasteiger partial charge in [0.2, 0.25) is 17.4 Å². The number of ether oxygens (including phenoxy) is 3. The quantitative estimate of drug-likeness (QED) is 0.510. The van der Waals surface area contributed by atoms with E-state index in [-0.39, 0.29) is 23.1 Å². The second-order valence-electron chi connectivity index (χ2n) is 9.22. The molecule has 4 atom stereocenters. The normalized spacial score (nSPS) is 26.9. The monoisotopic (exact) mass is 538 g/mol. The summed E-state index contributed by atoms with van der Waals surface area (Å²) in [6, 6.07) is 18.9. The number of aromatic nitrogens is 1. The summed E-state index contributed by atoms with van der Waals surface area (Å²) >= 11 is 3.50. The number of rotatable bonds is 6. The third-order valence-corrected chi connectivity index (χ3v) is 7.56. The van der Waals surface area contributed by atoms with E-state index >= 15 is 0 Å². The zero-order valence-electron chi connectivity index (χ0n) is 20.0. The van der Waals surface area contributed by atoms with Crippen molar-refractivity contribution in [1.82, 2.24) is 9.88 Å². The van der Waals surface area contributed by atoms with Gasteiger partial charge in [-0.3, -0.25) is 4.79 Å². The minimum absolute atomic E-state index is 0.103. The number of hydrogen-bond donors (Lipinski definition) is 1. The Kier molecular flexibility index (Phi) is 5.86. The summed E-state index contributed by atoms with van der Waals surface area (Å²) in [6.07, 6.45) is 0. The first-order valence-corrected chi connectivity index (χ1v) is 12.1. The molecule has 1 fully saturated rings. The molecule has 1 saturated carbocycles. The van der Waals surface area contributed by atoms with Crippen molar-refractivity contribution in [3.05, 3.63) is 81.8 Å². The number of halogens is 1. The van der Waals surface area contributed by atoms with Crippen LogP contribution in [0.1, 0.15) is 22.6 Å². The molecule has 2 heterocycles. The van der Waals surface area contributed by atoms with Gasteiger partial charge in [-0.05, 0) is 37.4 Å². The van der Waals surface area contributed by atoms with Gasteiger partial charge in [-0.15, -0.1) is 0 Å². The Morgan fingerprint density at radius 2 is 1.77 bits per heavy atom. The van der Waals surface area contributed by atoms with Gasteiger partial charge in [0.1, 0.15) is 11.3 Å². The largest absolute Gasteiger partial charge is 0.481 e. The van der Waals surface area contributed by atoms with Crippen LogP contribution < -0.4 is 14.2 Å². The van der Waals surface area contributed by atoms with Crippen LogP contribution in [0.4, 0.5) is 0 Å². The van der Waals surface area contributed by atoms with Crippen molar-refractivity contribution in [1.29, 1.82) is 0 Å². The number of hydrogen-bond acceptors (Lipinski definition) is 7. The predicted octanol–water partition coefficient (Wildman–Crippen LogP) is 3.88. The van der Waals surface area contributed by atoms with E-state index in [1.807, 2.05) is 73.6 Å². The van der Waals surface area contributed by atoms with Crippen molar-refractivity contribution < 1.29 is 24.1 Å². The summed E-state index contributed by atoms with van der Waals surface area (Å²) in [5.41, 5.74) is -1.67. The molecule has 2 aliphatic rings. The fraction of sp³-hybridized carbons (Fsp3) is 0.333. The average Bonchev–Trinajstić information content (AvgIpc) is 3.22. The molecule has 1 aromatic heterocycles. The lowest BCUT2D eigenvalue weighted by molar-refractivity contribution is -0.152. The van der Waals surface area contributed by atoms with Crippen molar-refractivity contribution in [3.63, 3.8) is 0 Å². The van der Waals surface area contributed by atoms with E-state index in [1.165, 1.54) is 14.2 Å². The SMILES string of the molecule is COc1cc2c(c(OC)n1)[C@]1(O)C(=O)[C@H](CN(C)C)[C@@H](c3ccccc3)[C@]1(c1ccc(Br)cc1)O2. The Morgan fingerprint density at radius 3 is 2.37 bits per heavy atom. The highest BCUT2D eigenvalue weighted by atomic mass is 79.9. The topological polar surface area (TPSA) is 81.1 Å². The van der Waals surface area contributed by atoms with Crippen LogP contribution in [0.3, 0.4) is 0 Å². The standard InChI is InChI=1S/C27H27BrN2O5/c1-30(2)15-19-22(16-8-6-5-7-9-16)27(17-10-12-18(28)13-11-17)26(32,24(19)31)23-20(35-27)14-21(33-3)29-25(23)34-4/h5-14,19,22,32H,15H2,1-4H3/t19-,22-,26+,27+/m1/s1. The molecule has 3 aromatic rings. The molecule has 2 aromatic carbocycles. The number of benzene rings is 2. The lowest BCUT2D eigenvalue weighted by Crippen LogP contribution is -2.50. The zero-order valence-corrected chi connectivity index (χ0v) is 21.6. The minimum atomic E-state index is -2.04. The molecule has 35 heavy (non-hydrogen) atoms. The molecule has 8 heteroatoms. The van der Waals surface area contributed by atoms with Crippen LogP contribution >= 0.6 is 15.9 Å². The predicted molar refractivity (Wildman–Crippen MR) is 134 cm³/mol. The lowest BCUT2D eigenvalue weighted by Gasteiger charge is -2.39. The second kappa shape index (κ2) is 8.62. The second-order valence-corrected chi connectivity index (χ2v) is 10.1. The van der Waals surface area contributed by atoms with E-state index in [1.54, 1.807) is 6.07 Å². The van der Waals surface area contributed by atoms with E-state index in [0.717, 1.165) is 10.0 Å². The molecular formula is C27H27BrN2O5. The van der Waals surface area contributed by atoms with Crippen LogP contribution in [0.2, 0.25) is 0 Å². The van der Waals surface area contributed by atoms with Crippen molar-refractivity contribution >= 4 is 21.7 Å². The number of fused-ring (bicyclic) bond motifs is 3. The Labute approximate surface area is 212 Å². The fourth-order valence-corrected chi connectivity index (χ4v) is 5.99. The highest BCUT2D eigenvalue weighted by Crippen LogP contribution is 2.68. The molecule has 1 N–H and O–H groups in total. The number of aliphatic hydroxyl groups is 1. The van der Waals surface area contributed by atoms with Gasteiger partial charge in [0.25, 0.3) is 0 Å². The number of pyridine rings is 1. The van der Waals surface area contributed by atoms with Crippen LogP contribution in [0.25, 0.3) is 0 Å². The first kappa shape index (κ1) is 23.8. The van der Waals surface area contributed by atoms with Gasteiger partial charge in [0, 0.05) is 28.9 Å². The van der Waals surface area contributed by atoms with Crippen molar-refractivity contribution in [2.75, 3.05) is 34.9 Å². The Hall–Kier alpha value is -2.94. The molecule has 7 nitrogen and oxygen atoms in total. The smallest absolute Gasteiger partial charge is 0.227 e. The third-order valence-electron chi connectivity index (χ3n) is 7.03. The van der Waals surface area contributed by atoms with Crippen LogP contribution in [-0.2, 0) is 16.0 Å². The highest BCUT2D eigenvalue weighted by molar-refractivity contribution is 9.10. The zero-order chi connectivity index (χ0) is 25.0. The highest BCUT2D eigenvalue weighted by Gasteiger charge is 2.77. The Balaban J connectivity index is 1.87. The summed E-state index contributed by atoms with van der Waals surface area (Å²) in [4.78, 5) is 20.7. The molecule has 0 bridgehead atoms. The molecule has 1 aliphatic carbocycles. The van der Waals surface area contributed by atoms with Gasteiger partial charge in [-0.2, -0.15) is 4.98 Å². The van der Waals surface area contributed by atoms with E-state index in [2.05, 4.69) is 20.9 Å². The number of ketones is 1. The molecule has 5 rings (SSSR count). The summed E-state index contributed by atoms with van der Waals surface area (Å²) in [5, 5.41) is 12.6. The number of carbonyl (C=O) groups excluding carboxylic acids is 1. The van der Waals surface area contributed by atoms with Crippen LogP contribution in [0.15, 0.2) is 65.1 Å². The number of carbonyl (C=O) groups is 1. The van der Waals surface area contributed by atoms with E-state index in [4.69, 9.17) is 14.2 Å². The van der Waals surface area contributed by atoms with Crippen molar-refractivity contribution in [2.24, 2.45) is 5.92 Å². The van der Waals surface area contributed by atoms with Gasteiger partial charge >= 0.3 is 0 Å². The number of methoxy groups -OCH3 is 2. The van der Waals surface area contributed by atoms with Crippen LogP contribution in [0, 0.1) is 5.92 Å². The van der Waals surface area contributed by atoms with Gasteiger partial charge in [-0.1, -0.05) is 58.4 Å². The maximum absolute atomic E-state index is 14.4. The summed E-state index contributed by atoms with van der Waals surface area (Å²) < 4.78 is 18.6. The molecule has 0 radical (unpaired) electrons. The molecule has 182 valence electrons. The van der Waals surface area contributed by atoms with Gasteiger partial charge in [0.05, 0.1) is 14.2 Å². The first-order valence-electron chi connectivity index (χ1n) is 11.3. The fourth-order valence-electron chi connectivity index (χ4n) is 5.73. The van der Waals surface area contributed by atoms with Crippen molar-refractivity contribution in [3.8, 4) is 17.5 Å². The summed E-state index contributed by atoms with van der Waals surface area (Å²) in [5.74, 6) is -0.687. The Bertz CT molecular complexity index is 1270. The van der Waals surface area contributed by atoms with Crippen molar-refractivity contribution in [2.45, 2.75) is 17.1 Å². The van der Waals surface area contributed by atoms with E-state index in [0.29, 0.717) is 17.9 Å². The first-order chi connectivity index (χ1) is 16.8. The maximum atomic E-state index is 14.4. The molecule has 0 unspecified atom stereocenters. The number of Topliss-reactive ketones (excluding diaryl/α,β-unsaturated/α-hetero) is 1. The summed E-state index contributed by atoms with van der Waals surface area (Å²) in [6.45, 7) is 0.434. The third kappa shape index (κ3) is 3.31. The lowest BCUT2D eigenvalue weighted by atomic mass is 9.71. The maximum Gasteiger partial charge on any atom is 0.227 e. The summed E-state index contributed by atoms with van der Waals surface area (Å²) in [7, 11) is 6.79. The van der Waals surface area contributed by atoms with Gasteiger partial charge < -0.3 is 24.2 Å². The average molecular weight is 539 g/mol. The molecule has 1 aliphatic heterocycles. The van der Waals surface area contributed by atoms with E-state index in [9.17, 15) is 9.90 Å². The Morgan fingerprint density at radius 1 is 1.09 bits per heavy atom. The van der Waals surface area contributed by atoms with Gasteiger partial charge in [-0.25, -0.2) is 0 Å².